The summed E-state index contributed by atoms with van der Waals surface area (Å²) in [5.41, 5.74) is 2.33. The molecule has 0 unspecified atom stereocenters. The molecule has 2 aromatic carbocycles. The summed E-state index contributed by atoms with van der Waals surface area (Å²) in [6, 6.07) is 16.2. The van der Waals surface area contributed by atoms with Gasteiger partial charge in [0, 0.05) is 5.56 Å². The molecule has 0 bridgehead atoms. The van der Waals surface area contributed by atoms with E-state index in [9.17, 15) is 14.9 Å². The van der Waals surface area contributed by atoms with Crippen molar-refractivity contribution < 1.29 is 9.53 Å². The number of ether oxygens (including phenoxy) is 1. The largest absolute Gasteiger partial charge is 0.465 e. The predicted octanol–water partition coefficient (Wildman–Crippen LogP) is 3.48. The summed E-state index contributed by atoms with van der Waals surface area (Å²) in [6.45, 7) is 0. The number of esters is 1. The Morgan fingerprint density at radius 1 is 1.19 bits per heavy atom. The van der Waals surface area contributed by atoms with Gasteiger partial charge in [-0.3, -0.25) is 4.79 Å². The number of nitrogens with zero attached hydrogens (tertiary/aromatic N) is 2. The van der Waals surface area contributed by atoms with Gasteiger partial charge in [-0.05, 0) is 29.5 Å². The molecule has 27 heavy (non-hydrogen) atoms. The molecule has 0 aliphatic heterocycles. The fourth-order valence-corrected chi connectivity index (χ4v) is 3.10. The van der Waals surface area contributed by atoms with Crippen molar-refractivity contribution >= 4 is 17.7 Å². The molecule has 1 heterocycles. The van der Waals surface area contributed by atoms with Gasteiger partial charge in [-0.2, -0.15) is 5.26 Å². The number of benzene rings is 2. The molecule has 6 nitrogen and oxygen atoms in total. The number of carbonyl (C=O) groups is 1. The van der Waals surface area contributed by atoms with Crippen LogP contribution in [0, 0.1) is 11.3 Å². The van der Waals surface area contributed by atoms with Crippen LogP contribution >= 0.6 is 11.8 Å². The molecule has 3 aromatic rings. The monoisotopic (exact) mass is 377 g/mol. The standard InChI is InChI=1S/C20H15N3O3S/c1-26-19(25)13-7-5-6-12(10-13)14-8-3-4-9-15(14)17-16(11-21)18(24)23-20(22-17)27-2/h3-10H,1-2H3,(H,22,23,24). The number of thioether (sulfide) groups is 1. The zero-order valence-electron chi connectivity index (χ0n) is 14.6. The SMILES string of the molecule is COC(=O)c1cccc(-c2ccccc2-c2nc(SC)[nH]c(=O)c2C#N)c1. The first kappa shape index (κ1) is 18.4. The number of aromatic nitrogens is 2. The molecule has 1 N–H and O–H groups in total. The molecule has 0 aliphatic carbocycles. The van der Waals surface area contributed by atoms with Gasteiger partial charge in [0.2, 0.25) is 0 Å². The molecule has 0 amide bonds. The lowest BCUT2D eigenvalue weighted by atomic mass is 9.95. The molecule has 7 heteroatoms. The summed E-state index contributed by atoms with van der Waals surface area (Å²) in [4.78, 5) is 31.2. The highest BCUT2D eigenvalue weighted by molar-refractivity contribution is 7.98. The second kappa shape index (κ2) is 7.89. The highest BCUT2D eigenvalue weighted by Gasteiger charge is 2.17. The molecule has 0 saturated heterocycles. The Morgan fingerprint density at radius 2 is 1.93 bits per heavy atom. The van der Waals surface area contributed by atoms with Gasteiger partial charge in [0.1, 0.15) is 11.6 Å². The molecular formula is C20H15N3O3S. The van der Waals surface area contributed by atoms with E-state index in [2.05, 4.69) is 9.97 Å². The summed E-state index contributed by atoms with van der Waals surface area (Å²) >= 11 is 1.28. The number of carbonyl (C=O) groups excluding carboxylic acids is 1. The van der Waals surface area contributed by atoms with Gasteiger partial charge in [0.25, 0.3) is 5.56 Å². The second-order valence-corrected chi connectivity index (χ2v) is 6.32. The Kier molecular flexibility index (Phi) is 5.38. The van der Waals surface area contributed by atoms with Gasteiger partial charge < -0.3 is 9.72 Å². The molecule has 0 spiro atoms. The highest BCUT2D eigenvalue weighted by Crippen LogP contribution is 2.33. The maximum atomic E-state index is 12.3. The zero-order valence-corrected chi connectivity index (χ0v) is 15.5. The molecule has 3 rings (SSSR count). The number of H-pyrrole nitrogens is 1. The normalized spacial score (nSPS) is 10.3. The predicted molar refractivity (Wildman–Crippen MR) is 104 cm³/mol. The van der Waals surface area contributed by atoms with E-state index in [1.165, 1.54) is 18.9 Å². The van der Waals surface area contributed by atoms with Crippen LogP contribution in [-0.4, -0.2) is 29.3 Å². The van der Waals surface area contributed by atoms with Gasteiger partial charge in [-0.15, -0.1) is 0 Å². The average molecular weight is 377 g/mol. The number of hydrogen-bond donors (Lipinski definition) is 1. The Bertz CT molecular complexity index is 1120. The minimum Gasteiger partial charge on any atom is -0.465 e. The van der Waals surface area contributed by atoms with Gasteiger partial charge >= 0.3 is 5.97 Å². The summed E-state index contributed by atoms with van der Waals surface area (Å²) in [5.74, 6) is -0.439. The lowest BCUT2D eigenvalue weighted by Crippen LogP contribution is -2.14. The molecule has 0 radical (unpaired) electrons. The third-order valence-corrected chi connectivity index (χ3v) is 4.56. The average Bonchev–Trinajstić information content (AvgIpc) is 2.72. The van der Waals surface area contributed by atoms with Gasteiger partial charge in [0.15, 0.2) is 5.16 Å². The Morgan fingerprint density at radius 3 is 2.59 bits per heavy atom. The van der Waals surface area contributed by atoms with Crippen LogP contribution in [0.15, 0.2) is 58.5 Å². The number of hydrogen-bond acceptors (Lipinski definition) is 6. The van der Waals surface area contributed by atoms with E-state index in [4.69, 9.17) is 4.74 Å². The maximum Gasteiger partial charge on any atom is 0.337 e. The summed E-state index contributed by atoms with van der Waals surface area (Å²) in [6.07, 6.45) is 1.79. The van der Waals surface area contributed by atoms with E-state index >= 15 is 0 Å². The molecule has 0 saturated carbocycles. The zero-order chi connectivity index (χ0) is 19.4. The molecule has 0 atom stereocenters. The fraction of sp³-hybridized carbons (Fsp3) is 0.100. The molecular weight excluding hydrogens is 362 g/mol. The van der Waals surface area contributed by atoms with Crippen LogP contribution in [0.5, 0.6) is 0 Å². The van der Waals surface area contributed by atoms with Crippen LogP contribution in [0.4, 0.5) is 0 Å². The van der Waals surface area contributed by atoms with E-state index < -0.39 is 11.5 Å². The maximum absolute atomic E-state index is 12.3. The first-order valence-electron chi connectivity index (χ1n) is 7.95. The summed E-state index contributed by atoms with van der Waals surface area (Å²) in [7, 11) is 1.33. The molecule has 134 valence electrons. The highest BCUT2D eigenvalue weighted by atomic mass is 32.2. The first-order valence-corrected chi connectivity index (χ1v) is 9.18. The van der Waals surface area contributed by atoms with Crippen LogP contribution in [0.3, 0.4) is 0 Å². The van der Waals surface area contributed by atoms with E-state index in [1.54, 1.807) is 30.5 Å². The van der Waals surface area contributed by atoms with Crippen molar-refractivity contribution in [2.75, 3.05) is 13.4 Å². The first-order chi connectivity index (χ1) is 13.1. The van der Waals surface area contributed by atoms with Crippen molar-refractivity contribution in [2.24, 2.45) is 0 Å². The summed E-state index contributed by atoms with van der Waals surface area (Å²) in [5, 5.41) is 9.88. The van der Waals surface area contributed by atoms with Crippen LogP contribution in [0.2, 0.25) is 0 Å². The lowest BCUT2D eigenvalue weighted by Gasteiger charge is -2.12. The van der Waals surface area contributed by atoms with Gasteiger partial charge in [-0.1, -0.05) is 48.2 Å². The molecule has 1 aromatic heterocycles. The topological polar surface area (TPSA) is 95.8 Å². The number of methoxy groups -OCH3 is 1. The van der Waals surface area contributed by atoms with Gasteiger partial charge in [0.05, 0.1) is 18.4 Å². The van der Waals surface area contributed by atoms with Crippen molar-refractivity contribution in [1.82, 2.24) is 9.97 Å². The Labute approximate surface area is 159 Å². The molecule has 0 aliphatic rings. The van der Waals surface area contributed by atoms with Crippen LogP contribution < -0.4 is 5.56 Å². The molecule has 0 fully saturated rings. The van der Waals surface area contributed by atoms with E-state index in [0.29, 0.717) is 22.0 Å². The van der Waals surface area contributed by atoms with E-state index in [1.807, 2.05) is 30.3 Å². The van der Waals surface area contributed by atoms with Crippen LogP contribution in [0.1, 0.15) is 15.9 Å². The smallest absolute Gasteiger partial charge is 0.337 e. The Hall–Kier alpha value is -3.37. The second-order valence-electron chi connectivity index (χ2n) is 5.53. The number of aromatic amines is 1. The third kappa shape index (κ3) is 3.61. The van der Waals surface area contributed by atoms with Crippen molar-refractivity contribution in [3.63, 3.8) is 0 Å². The van der Waals surface area contributed by atoms with Crippen LogP contribution in [0.25, 0.3) is 22.4 Å². The Balaban J connectivity index is 2.26. The minimum atomic E-state index is -0.482. The van der Waals surface area contributed by atoms with Crippen molar-refractivity contribution in [1.29, 1.82) is 5.26 Å². The van der Waals surface area contributed by atoms with E-state index in [-0.39, 0.29) is 5.56 Å². The van der Waals surface area contributed by atoms with Gasteiger partial charge in [-0.25, -0.2) is 9.78 Å². The minimum absolute atomic E-state index is 0.0515. The van der Waals surface area contributed by atoms with Crippen molar-refractivity contribution in [3.05, 3.63) is 70.0 Å². The fourth-order valence-electron chi connectivity index (χ4n) is 2.72. The lowest BCUT2D eigenvalue weighted by molar-refractivity contribution is 0.0601. The van der Waals surface area contributed by atoms with E-state index in [0.717, 1.165) is 11.1 Å². The number of nitriles is 1. The quantitative estimate of drug-likeness (QED) is 0.425. The third-order valence-electron chi connectivity index (χ3n) is 3.98. The van der Waals surface area contributed by atoms with Crippen molar-refractivity contribution in [3.8, 4) is 28.5 Å². The van der Waals surface area contributed by atoms with Crippen LogP contribution in [-0.2, 0) is 4.74 Å². The van der Waals surface area contributed by atoms with Crippen molar-refractivity contribution in [2.45, 2.75) is 5.16 Å². The number of nitrogens with one attached hydrogen (secondary N) is 1. The summed E-state index contributed by atoms with van der Waals surface area (Å²) < 4.78 is 4.78. The number of rotatable bonds is 4.